The van der Waals surface area contributed by atoms with Crippen molar-refractivity contribution in [2.75, 3.05) is 13.2 Å². The lowest BCUT2D eigenvalue weighted by molar-refractivity contribution is 0.281. The van der Waals surface area contributed by atoms with Crippen molar-refractivity contribution in [2.24, 2.45) is 11.8 Å². The Hall–Kier alpha value is -0.0800. The molecule has 0 amide bonds. The zero-order chi connectivity index (χ0) is 11.1. The topological polar surface area (TPSA) is 32.3 Å². The van der Waals surface area contributed by atoms with E-state index < -0.39 is 0 Å². The standard InChI is InChI=1S/C13H27NO/c1-11(2)12-5-3-6-13(8-7-12)14-9-4-10-15/h11-15H,3-10H2,1-2H3. The van der Waals surface area contributed by atoms with Crippen LogP contribution in [0.25, 0.3) is 0 Å². The van der Waals surface area contributed by atoms with Crippen molar-refractivity contribution in [1.82, 2.24) is 5.32 Å². The van der Waals surface area contributed by atoms with Crippen molar-refractivity contribution < 1.29 is 5.11 Å². The second-order valence-corrected chi connectivity index (χ2v) is 5.24. The van der Waals surface area contributed by atoms with Gasteiger partial charge in [0.05, 0.1) is 0 Å². The predicted octanol–water partition coefficient (Wildman–Crippen LogP) is 2.56. The van der Waals surface area contributed by atoms with Gasteiger partial charge in [-0.2, -0.15) is 0 Å². The summed E-state index contributed by atoms with van der Waals surface area (Å²) < 4.78 is 0. The van der Waals surface area contributed by atoms with Crippen LogP contribution in [0.5, 0.6) is 0 Å². The van der Waals surface area contributed by atoms with Gasteiger partial charge in [0.15, 0.2) is 0 Å². The van der Waals surface area contributed by atoms with Crippen LogP contribution in [0.3, 0.4) is 0 Å². The van der Waals surface area contributed by atoms with Gasteiger partial charge in [-0.25, -0.2) is 0 Å². The Morgan fingerprint density at radius 1 is 1.20 bits per heavy atom. The molecule has 2 N–H and O–H groups in total. The second-order valence-electron chi connectivity index (χ2n) is 5.24. The quantitative estimate of drug-likeness (QED) is 0.543. The minimum absolute atomic E-state index is 0.314. The van der Waals surface area contributed by atoms with Gasteiger partial charge in [0.25, 0.3) is 0 Å². The first-order chi connectivity index (χ1) is 7.24. The Bertz CT molecular complexity index is 159. The molecule has 1 saturated carbocycles. The van der Waals surface area contributed by atoms with E-state index in [1.54, 1.807) is 0 Å². The van der Waals surface area contributed by atoms with E-state index in [4.69, 9.17) is 5.11 Å². The van der Waals surface area contributed by atoms with Gasteiger partial charge in [-0.1, -0.05) is 26.7 Å². The smallest absolute Gasteiger partial charge is 0.0443 e. The maximum Gasteiger partial charge on any atom is 0.0443 e. The van der Waals surface area contributed by atoms with E-state index in [1.165, 1.54) is 32.1 Å². The first kappa shape index (κ1) is 13.0. The molecule has 90 valence electrons. The van der Waals surface area contributed by atoms with E-state index in [9.17, 15) is 0 Å². The molecule has 0 bridgehead atoms. The maximum absolute atomic E-state index is 8.73. The maximum atomic E-state index is 8.73. The SMILES string of the molecule is CC(C)C1CCCC(NCCCO)CC1. The van der Waals surface area contributed by atoms with Crippen LogP contribution in [-0.2, 0) is 0 Å². The predicted molar refractivity (Wildman–Crippen MR) is 64.9 cm³/mol. The Labute approximate surface area is 94.5 Å². The van der Waals surface area contributed by atoms with Gasteiger partial charge >= 0.3 is 0 Å². The molecule has 1 rings (SSSR count). The van der Waals surface area contributed by atoms with E-state index in [0.717, 1.165) is 24.8 Å². The molecule has 2 heteroatoms. The molecule has 2 unspecified atom stereocenters. The lowest BCUT2D eigenvalue weighted by Crippen LogP contribution is -2.29. The van der Waals surface area contributed by atoms with Gasteiger partial charge in [0, 0.05) is 12.6 Å². The summed E-state index contributed by atoms with van der Waals surface area (Å²) >= 11 is 0. The van der Waals surface area contributed by atoms with E-state index in [1.807, 2.05) is 0 Å². The molecule has 2 atom stereocenters. The van der Waals surface area contributed by atoms with Crippen molar-refractivity contribution in [3.63, 3.8) is 0 Å². The number of nitrogens with one attached hydrogen (secondary N) is 1. The molecule has 1 aliphatic carbocycles. The van der Waals surface area contributed by atoms with Crippen LogP contribution in [0.15, 0.2) is 0 Å². The monoisotopic (exact) mass is 213 g/mol. The van der Waals surface area contributed by atoms with Gasteiger partial charge in [-0.3, -0.25) is 0 Å². The van der Waals surface area contributed by atoms with Crippen molar-refractivity contribution in [3.05, 3.63) is 0 Å². The number of hydrogen-bond acceptors (Lipinski definition) is 2. The zero-order valence-electron chi connectivity index (χ0n) is 10.3. The lowest BCUT2D eigenvalue weighted by Gasteiger charge is -2.19. The molecule has 0 heterocycles. The average molecular weight is 213 g/mol. The van der Waals surface area contributed by atoms with Gasteiger partial charge in [0.1, 0.15) is 0 Å². The first-order valence-corrected chi connectivity index (χ1v) is 6.58. The highest BCUT2D eigenvalue weighted by atomic mass is 16.3. The summed E-state index contributed by atoms with van der Waals surface area (Å²) in [5.74, 6) is 1.79. The minimum Gasteiger partial charge on any atom is -0.396 e. The average Bonchev–Trinajstić information content (AvgIpc) is 2.44. The van der Waals surface area contributed by atoms with Gasteiger partial charge < -0.3 is 10.4 Å². The van der Waals surface area contributed by atoms with Crippen LogP contribution >= 0.6 is 0 Å². The highest BCUT2D eigenvalue weighted by molar-refractivity contribution is 4.76. The fourth-order valence-corrected chi connectivity index (χ4v) is 2.59. The van der Waals surface area contributed by atoms with Crippen LogP contribution in [0.1, 0.15) is 52.4 Å². The summed E-state index contributed by atoms with van der Waals surface area (Å²) in [5, 5.41) is 12.3. The van der Waals surface area contributed by atoms with Crippen molar-refractivity contribution >= 4 is 0 Å². The number of aliphatic hydroxyl groups is 1. The fourth-order valence-electron chi connectivity index (χ4n) is 2.59. The van der Waals surface area contributed by atoms with Crippen molar-refractivity contribution in [3.8, 4) is 0 Å². The highest BCUT2D eigenvalue weighted by Crippen LogP contribution is 2.28. The summed E-state index contributed by atoms with van der Waals surface area (Å²) in [7, 11) is 0. The third kappa shape index (κ3) is 4.98. The molecular formula is C13H27NO. The first-order valence-electron chi connectivity index (χ1n) is 6.58. The van der Waals surface area contributed by atoms with Crippen molar-refractivity contribution in [1.29, 1.82) is 0 Å². The molecule has 1 aliphatic rings. The van der Waals surface area contributed by atoms with Crippen LogP contribution in [0.2, 0.25) is 0 Å². The fraction of sp³-hybridized carbons (Fsp3) is 1.00. The summed E-state index contributed by atoms with van der Waals surface area (Å²) in [5.41, 5.74) is 0. The van der Waals surface area contributed by atoms with Crippen molar-refractivity contribution in [2.45, 2.75) is 58.4 Å². The van der Waals surface area contributed by atoms with E-state index in [-0.39, 0.29) is 0 Å². The Balaban J connectivity index is 2.20. The Kier molecular flexibility index (Phi) is 6.26. The zero-order valence-corrected chi connectivity index (χ0v) is 10.3. The third-order valence-electron chi connectivity index (χ3n) is 3.72. The van der Waals surface area contributed by atoms with E-state index >= 15 is 0 Å². The summed E-state index contributed by atoms with van der Waals surface area (Å²) in [6.07, 6.45) is 7.72. The molecule has 0 aliphatic heterocycles. The van der Waals surface area contributed by atoms with Gasteiger partial charge in [-0.05, 0) is 44.1 Å². The highest BCUT2D eigenvalue weighted by Gasteiger charge is 2.20. The van der Waals surface area contributed by atoms with Crippen LogP contribution in [0, 0.1) is 11.8 Å². The molecule has 0 saturated heterocycles. The summed E-state index contributed by atoms with van der Waals surface area (Å²) in [6, 6.07) is 0.709. The van der Waals surface area contributed by atoms with Gasteiger partial charge in [0.2, 0.25) is 0 Å². The number of hydrogen-bond donors (Lipinski definition) is 2. The van der Waals surface area contributed by atoms with Crippen LogP contribution < -0.4 is 5.32 Å². The van der Waals surface area contributed by atoms with Crippen LogP contribution in [-0.4, -0.2) is 24.3 Å². The second kappa shape index (κ2) is 7.24. The third-order valence-corrected chi connectivity index (χ3v) is 3.72. The molecule has 1 fully saturated rings. The molecular weight excluding hydrogens is 186 g/mol. The molecule has 0 spiro atoms. The van der Waals surface area contributed by atoms with E-state index in [2.05, 4.69) is 19.2 Å². The van der Waals surface area contributed by atoms with E-state index in [0.29, 0.717) is 12.6 Å². The number of aliphatic hydroxyl groups excluding tert-OH is 1. The molecule has 0 aromatic rings. The lowest BCUT2D eigenvalue weighted by atomic mass is 9.89. The summed E-state index contributed by atoms with van der Waals surface area (Å²) in [6.45, 7) is 6.00. The largest absolute Gasteiger partial charge is 0.396 e. The Morgan fingerprint density at radius 2 is 2.00 bits per heavy atom. The normalized spacial score (nSPS) is 28.0. The van der Waals surface area contributed by atoms with Gasteiger partial charge in [-0.15, -0.1) is 0 Å². The molecule has 0 aromatic heterocycles. The molecule has 0 radical (unpaired) electrons. The summed E-state index contributed by atoms with van der Waals surface area (Å²) in [4.78, 5) is 0. The molecule has 15 heavy (non-hydrogen) atoms. The van der Waals surface area contributed by atoms with Crippen LogP contribution in [0.4, 0.5) is 0 Å². The molecule has 2 nitrogen and oxygen atoms in total. The molecule has 0 aromatic carbocycles. The Morgan fingerprint density at radius 3 is 2.67 bits per heavy atom. The number of rotatable bonds is 5. The minimum atomic E-state index is 0.314.